The molecule has 232 valence electrons. The van der Waals surface area contributed by atoms with Crippen LogP contribution in [0.2, 0.25) is 0 Å². The van der Waals surface area contributed by atoms with E-state index >= 15 is 0 Å². The molecule has 1 aromatic heterocycles. The van der Waals surface area contributed by atoms with Gasteiger partial charge in [0.2, 0.25) is 5.91 Å². The molecule has 5 rings (SSSR count). The second-order valence-electron chi connectivity index (χ2n) is 9.75. The third-order valence-corrected chi connectivity index (χ3v) is 7.53. The predicted octanol–water partition coefficient (Wildman–Crippen LogP) is 4.58. The van der Waals surface area contributed by atoms with Crippen LogP contribution in [-0.2, 0) is 22.3 Å². The van der Waals surface area contributed by atoms with Gasteiger partial charge >= 0.3 is 6.18 Å². The van der Waals surface area contributed by atoms with Crippen LogP contribution in [-0.4, -0.2) is 63.8 Å². The summed E-state index contributed by atoms with van der Waals surface area (Å²) in [4.78, 5) is 55.9. The van der Waals surface area contributed by atoms with E-state index in [0.717, 1.165) is 33.5 Å². The first-order valence-electron chi connectivity index (χ1n) is 13.2. The number of rotatable bonds is 10. The summed E-state index contributed by atoms with van der Waals surface area (Å²) in [6.07, 6.45) is -4.59. The van der Waals surface area contributed by atoms with Gasteiger partial charge in [-0.25, -0.2) is 0 Å². The van der Waals surface area contributed by atoms with Gasteiger partial charge in [-0.2, -0.15) is 13.2 Å². The average molecular weight is 640 g/mol. The summed E-state index contributed by atoms with van der Waals surface area (Å²) >= 11 is 0.906. The molecule has 15 heteroatoms. The number of imide groups is 1. The van der Waals surface area contributed by atoms with E-state index in [1.165, 1.54) is 56.0 Å². The molecule has 0 spiro atoms. The minimum absolute atomic E-state index is 0.0487. The van der Waals surface area contributed by atoms with E-state index in [0.29, 0.717) is 5.75 Å². The number of halogens is 3. The predicted molar refractivity (Wildman–Crippen MR) is 155 cm³/mol. The number of hydrogen-bond acceptors (Lipinski definition) is 9. The Morgan fingerprint density at radius 3 is 2.20 bits per heavy atom. The number of nitrogens with one attached hydrogen (secondary N) is 1. The van der Waals surface area contributed by atoms with Gasteiger partial charge in [0.15, 0.2) is 6.04 Å². The number of ether oxygens (including phenoxy) is 2. The Bertz CT molecular complexity index is 1710. The Morgan fingerprint density at radius 2 is 1.64 bits per heavy atom. The second-order valence-corrected chi connectivity index (χ2v) is 10.4. The maximum Gasteiger partial charge on any atom is 0.416 e. The number of anilines is 1. The van der Waals surface area contributed by atoms with E-state index in [1.807, 2.05) is 0 Å². The van der Waals surface area contributed by atoms with Crippen molar-refractivity contribution in [1.82, 2.24) is 19.4 Å². The molecule has 0 unspecified atom stereocenters. The first-order valence-corrected chi connectivity index (χ1v) is 14.1. The molecule has 2 heterocycles. The second kappa shape index (κ2) is 12.7. The maximum atomic E-state index is 14.0. The molecule has 0 aliphatic carbocycles. The van der Waals surface area contributed by atoms with Gasteiger partial charge in [-0.05, 0) is 53.5 Å². The van der Waals surface area contributed by atoms with Crippen LogP contribution >= 0.6 is 11.5 Å². The van der Waals surface area contributed by atoms with Gasteiger partial charge in [-0.3, -0.25) is 24.1 Å². The third-order valence-electron chi connectivity index (χ3n) is 7.01. The van der Waals surface area contributed by atoms with Gasteiger partial charge in [0.1, 0.15) is 23.7 Å². The topological polar surface area (TPSA) is 131 Å². The molecule has 0 radical (unpaired) electrons. The zero-order valence-electron chi connectivity index (χ0n) is 23.7. The normalized spacial score (nSPS) is 13.3. The van der Waals surface area contributed by atoms with E-state index in [-0.39, 0.29) is 40.4 Å². The Balaban J connectivity index is 1.52. The summed E-state index contributed by atoms with van der Waals surface area (Å²) in [5.74, 6) is -2.32. The molecule has 3 aromatic carbocycles. The van der Waals surface area contributed by atoms with Crippen molar-refractivity contribution in [1.29, 1.82) is 0 Å². The summed E-state index contributed by atoms with van der Waals surface area (Å²) in [6, 6.07) is 13.3. The summed E-state index contributed by atoms with van der Waals surface area (Å²) in [7, 11) is 2.84. The minimum Gasteiger partial charge on any atom is -0.497 e. The lowest BCUT2D eigenvalue weighted by atomic mass is 10.1. The summed E-state index contributed by atoms with van der Waals surface area (Å²) < 4.78 is 54.1. The fourth-order valence-electron chi connectivity index (χ4n) is 4.76. The molecule has 1 atom stereocenters. The molecule has 1 aliphatic heterocycles. The first kappa shape index (κ1) is 31.1. The number of hydrogen-bond donors (Lipinski definition) is 1. The fourth-order valence-corrected chi connectivity index (χ4v) is 5.23. The van der Waals surface area contributed by atoms with E-state index in [2.05, 4.69) is 14.9 Å². The van der Waals surface area contributed by atoms with Crippen LogP contribution in [0.1, 0.15) is 43.6 Å². The van der Waals surface area contributed by atoms with Crippen LogP contribution in [0.5, 0.6) is 11.5 Å². The van der Waals surface area contributed by atoms with E-state index < -0.39 is 48.0 Å². The van der Waals surface area contributed by atoms with Crippen LogP contribution in [0.25, 0.3) is 0 Å². The van der Waals surface area contributed by atoms with Crippen LogP contribution in [0.3, 0.4) is 0 Å². The molecule has 0 fully saturated rings. The quantitative estimate of drug-likeness (QED) is 0.250. The van der Waals surface area contributed by atoms with Gasteiger partial charge in [0.25, 0.3) is 17.7 Å². The Labute approximate surface area is 258 Å². The fraction of sp³-hybridized carbons (Fsp3) is 0.200. The molecule has 1 N–H and O–H groups in total. The molecule has 11 nitrogen and oxygen atoms in total. The Morgan fingerprint density at radius 1 is 0.978 bits per heavy atom. The maximum absolute atomic E-state index is 14.0. The smallest absolute Gasteiger partial charge is 0.416 e. The largest absolute Gasteiger partial charge is 0.497 e. The van der Waals surface area contributed by atoms with Crippen molar-refractivity contribution in [2.75, 3.05) is 26.1 Å². The number of amides is 4. The van der Waals surface area contributed by atoms with E-state index in [1.54, 1.807) is 18.2 Å². The van der Waals surface area contributed by atoms with Gasteiger partial charge in [0, 0.05) is 18.0 Å². The van der Waals surface area contributed by atoms with Gasteiger partial charge < -0.3 is 19.7 Å². The highest BCUT2D eigenvalue weighted by Crippen LogP contribution is 2.33. The number of carbonyl (C=O) groups is 4. The lowest BCUT2D eigenvalue weighted by Crippen LogP contribution is -2.47. The number of fused-ring (bicyclic) bond motifs is 1. The average Bonchev–Trinajstić information content (AvgIpc) is 3.64. The van der Waals surface area contributed by atoms with Crippen LogP contribution < -0.4 is 14.8 Å². The summed E-state index contributed by atoms with van der Waals surface area (Å²) in [5, 5.41) is 8.14. The van der Waals surface area contributed by atoms with Gasteiger partial charge in [-0.1, -0.05) is 28.8 Å². The van der Waals surface area contributed by atoms with Crippen molar-refractivity contribution < 1.29 is 41.8 Å². The van der Waals surface area contributed by atoms with Crippen LogP contribution in [0, 0.1) is 0 Å². The number of methoxy groups -OCH3 is 2. The number of benzene rings is 3. The molecular formula is C30H24F3N5O6S. The minimum atomic E-state index is -4.59. The molecule has 1 aliphatic rings. The van der Waals surface area contributed by atoms with Crippen molar-refractivity contribution in [2.24, 2.45) is 0 Å². The van der Waals surface area contributed by atoms with Gasteiger partial charge in [-0.15, -0.1) is 5.10 Å². The zero-order chi connectivity index (χ0) is 32.3. The highest BCUT2D eigenvalue weighted by Gasteiger charge is 2.40. The lowest BCUT2D eigenvalue weighted by molar-refractivity contribution is -0.140. The molecule has 4 amide bonds. The zero-order valence-corrected chi connectivity index (χ0v) is 24.5. The first-order chi connectivity index (χ1) is 21.5. The van der Waals surface area contributed by atoms with E-state index in [4.69, 9.17) is 9.47 Å². The molecule has 0 saturated heterocycles. The number of aromatic nitrogens is 2. The summed E-state index contributed by atoms with van der Waals surface area (Å²) in [5.41, 5.74) is -0.156. The molecule has 4 aromatic rings. The highest BCUT2D eigenvalue weighted by molar-refractivity contribution is 7.03. The standard InChI is InChI=1S/C30H24F3N5O6S/c1-43-19-11-12-22(24(13-19)44-2)34-27(40)26(23-16-45-36-35-23)37(14-17-7-9-18(10-8-17)30(31,32)33)25(39)15-38-28(41)20-5-3-4-6-21(20)29(38)42/h3-13,16,26H,14-15H2,1-2H3,(H,34,40)/t26-/m0/s1. The van der Waals surface area contributed by atoms with Crippen LogP contribution in [0.15, 0.2) is 72.1 Å². The Kier molecular flexibility index (Phi) is 8.81. The molecule has 0 bridgehead atoms. The van der Waals surface area contributed by atoms with Crippen molar-refractivity contribution in [3.8, 4) is 11.5 Å². The van der Waals surface area contributed by atoms with Crippen molar-refractivity contribution in [2.45, 2.75) is 18.8 Å². The highest BCUT2D eigenvalue weighted by atomic mass is 32.1. The van der Waals surface area contributed by atoms with Crippen molar-refractivity contribution in [3.63, 3.8) is 0 Å². The lowest BCUT2D eigenvalue weighted by Gasteiger charge is -2.31. The summed E-state index contributed by atoms with van der Waals surface area (Å²) in [6.45, 7) is -1.13. The molecule has 0 saturated carbocycles. The van der Waals surface area contributed by atoms with E-state index in [9.17, 15) is 32.3 Å². The Hall–Kier alpha value is -5.31. The van der Waals surface area contributed by atoms with Crippen LogP contribution in [0.4, 0.5) is 18.9 Å². The third kappa shape index (κ3) is 6.47. The van der Waals surface area contributed by atoms with Crippen molar-refractivity contribution in [3.05, 3.63) is 100 Å². The molecule has 45 heavy (non-hydrogen) atoms. The molecular weight excluding hydrogens is 615 g/mol. The monoisotopic (exact) mass is 639 g/mol. The number of nitrogens with zero attached hydrogens (tertiary/aromatic N) is 4. The van der Waals surface area contributed by atoms with Crippen molar-refractivity contribution >= 4 is 40.8 Å². The number of alkyl halides is 3. The number of carbonyl (C=O) groups excluding carboxylic acids is 4. The van der Waals surface area contributed by atoms with Gasteiger partial charge in [0.05, 0.1) is 36.6 Å². The SMILES string of the molecule is COc1ccc(NC(=O)[C@H](c2csnn2)N(Cc2ccc(C(F)(F)F)cc2)C(=O)CN2C(=O)c3ccccc3C2=O)c(OC)c1.